The molecule has 0 unspecified atom stereocenters. The molecule has 7 nitrogen and oxygen atoms in total. The van der Waals surface area contributed by atoms with Crippen LogP contribution in [0.4, 0.5) is 11.4 Å². The number of anilines is 2. The number of benzene rings is 2. The van der Waals surface area contributed by atoms with Crippen LogP contribution in [0.15, 0.2) is 53.6 Å². The summed E-state index contributed by atoms with van der Waals surface area (Å²) in [6, 6.07) is 14.8. The average molecular weight is 417 g/mol. The van der Waals surface area contributed by atoms with Crippen LogP contribution in [0.5, 0.6) is 0 Å². The number of hydrogen-bond donors (Lipinski definition) is 1. The van der Waals surface area contributed by atoms with Gasteiger partial charge in [-0.1, -0.05) is 24.3 Å². The molecule has 1 N–H and O–H groups in total. The van der Waals surface area contributed by atoms with Crippen LogP contribution in [0.3, 0.4) is 0 Å². The Hall–Kier alpha value is -2.87. The number of nitrogens with zero attached hydrogens (tertiary/aromatic N) is 3. The van der Waals surface area contributed by atoms with Gasteiger partial charge in [0.25, 0.3) is 5.91 Å². The second-order valence-corrected chi connectivity index (χ2v) is 8.57. The van der Waals surface area contributed by atoms with Crippen LogP contribution in [0.2, 0.25) is 0 Å². The lowest BCUT2D eigenvalue weighted by Gasteiger charge is -2.21. The lowest BCUT2D eigenvalue weighted by atomic mass is 10.2. The Balaban J connectivity index is 2.02. The normalized spacial score (nSPS) is 11.4. The molecule has 2 aromatic rings. The highest BCUT2D eigenvalue weighted by atomic mass is 32.2. The van der Waals surface area contributed by atoms with E-state index < -0.39 is 15.9 Å². The van der Waals surface area contributed by atoms with E-state index in [0.29, 0.717) is 5.69 Å². The fourth-order valence-corrected chi connectivity index (χ4v) is 3.74. The van der Waals surface area contributed by atoms with Gasteiger partial charge in [-0.15, -0.1) is 0 Å². The molecule has 0 radical (unpaired) electrons. The number of carbonyl (C=O) groups is 1. The van der Waals surface area contributed by atoms with Crippen molar-refractivity contribution in [1.29, 1.82) is 0 Å². The van der Waals surface area contributed by atoms with E-state index in [1.807, 2.05) is 37.3 Å². The summed E-state index contributed by atoms with van der Waals surface area (Å²) >= 11 is 0. The highest BCUT2D eigenvalue weighted by Gasteiger charge is 2.20. The van der Waals surface area contributed by atoms with Gasteiger partial charge in [0.2, 0.25) is 10.0 Å². The lowest BCUT2D eigenvalue weighted by Crippen LogP contribution is -2.39. The molecule has 0 aliphatic carbocycles. The van der Waals surface area contributed by atoms with Gasteiger partial charge < -0.3 is 4.90 Å². The summed E-state index contributed by atoms with van der Waals surface area (Å²) in [5.41, 5.74) is 5.70. The average Bonchev–Trinajstić information content (AvgIpc) is 2.67. The van der Waals surface area contributed by atoms with Gasteiger partial charge in [0.05, 0.1) is 18.2 Å². The predicted octanol–water partition coefficient (Wildman–Crippen LogP) is 2.76. The van der Waals surface area contributed by atoms with Crippen molar-refractivity contribution in [3.63, 3.8) is 0 Å². The Kier molecular flexibility index (Phi) is 7.78. The summed E-state index contributed by atoms with van der Waals surface area (Å²) in [4.78, 5) is 14.5. The van der Waals surface area contributed by atoms with Crippen molar-refractivity contribution in [3.8, 4) is 0 Å². The zero-order valence-electron chi connectivity index (χ0n) is 17.3. The van der Waals surface area contributed by atoms with E-state index in [0.717, 1.165) is 40.5 Å². The van der Waals surface area contributed by atoms with E-state index in [1.54, 1.807) is 18.2 Å². The topological polar surface area (TPSA) is 82.1 Å². The van der Waals surface area contributed by atoms with Crippen molar-refractivity contribution in [2.24, 2.45) is 5.10 Å². The van der Waals surface area contributed by atoms with Gasteiger partial charge in [-0.25, -0.2) is 13.8 Å². The number of nitrogens with one attached hydrogen (secondary N) is 1. The molecule has 8 heteroatoms. The molecule has 0 aliphatic heterocycles. The summed E-state index contributed by atoms with van der Waals surface area (Å²) in [7, 11) is -3.61. The van der Waals surface area contributed by atoms with E-state index in [4.69, 9.17) is 0 Å². The molecule has 0 aliphatic rings. The molecule has 1 amide bonds. The van der Waals surface area contributed by atoms with Crippen molar-refractivity contribution in [3.05, 3.63) is 59.7 Å². The summed E-state index contributed by atoms with van der Waals surface area (Å²) in [5, 5.41) is 3.94. The van der Waals surface area contributed by atoms with Gasteiger partial charge in [0.1, 0.15) is 6.54 Å². The predicted molar refractivity (Wildman–Crippen MR) is 119 cm³/mol. The SMILES string of the molecule is CCN(CC)c1ccc(/C=N/NC(=O)CN(c2cccc(C)c2)S(C)(=O)=O)cc1. The van der Waals surface area contributed by atoms with Crippen molar-refractivity contribution < 1.29 is 13.2 Å². The highest BCUT2D eigenvalue weighted by Crippen LogP contribution is 2.18. The largest absolute Gasteiger partial charge is 0.372 e. The van der Waals surface area contributed by atoms with Crippen LogP contribution >= 0.6 is 0 Å². The lowest BCUT2D eigenvalue weighted by molar-refractivity contribution is -0.119. The van der Waals surface area contributed by atoms with Gasteiger partial charge in [0, 0.05) is 18.8 Å². The number of rotatable bonds is 9. The van der Waals surface area contributed by atoms with Crippen LogP contribution < -0.4 is 14.6 Å². The van der Waals surface area contributed by atoms with Crippen LogP contribution in [-0.4, -0.2) is 46.4 Å². The van der Waals surface area contributed by atoms with Crippen molar-refractivity contribution in [2.45, 2.75) is 20.8 Å². The Morgan fingerprint density at radius 3 is 2.28 bits per heavy atom. The third-order valence-corrected chi connectivity index (χ3v) is 5.54. The first kappa shape index (κ1) is 22.4. The van der Waals surface area contributed by atoms with Crippen LogP contribution in [0.1, 0.15) is 25.0 Å². The molecule has 0 atom stereocenters. The number of hydrogen-bond acceptors (Lipinski definition) is 5. The Morgan fingerprint density at radius 1 is 1.07 bits per heavy atom. The van der Waals surface area contributed by atoms with Gasteiger partial charge in [0.15, 0.2) is 0 Å². The minimum Gasteiger partial charge on any atom is -0.372 e. The van der Waals surface area contributed by atoms with Crippen molar-refractivity contribution >= 4 is 33.5 Å². The van der Waals surface area contributed by atoms with Crippen LogP contribution in [0, 0.1) is 6.92 Å². The molecule has 2 rings (SSSR count). The highest BCUT2D eigenvalue weighted by molar-refractivity contribution is 7.92. The number of aryl methyl sites for hydroxylation is 1. The first-order valence-corrected chi connectivity index (χ1v) is 11.3. The Bertz CT molecular complexity index is 952. The van der Waals surface area contributed by atoms with Crippen LogP contribution in [0.25, 0.3) is 0 Å². The van der Waals surface area contributed by atoms with Crippen molar-refractivity contribution in [2.75, 3.05) is 35.1 Å². The molecule has 156 valence electrons. The molecular weight excluding hydrogens is 388 g/mol. The standard InChI is InChI=1S/C21H28N4O3S/c1-5-24(6-2)19-12-10-18(11-13-19)15-22-23-21(26)16-25(29(4,27)28)20-9-7-8-17(3)14-20/h7-15H,5-6,16H2,1-4H3,(H,23,26)/b22-15+. The number of amides is 1. The molecule has 0 bridgehead atoms. The number of hydrazone groups is 1. The van der Waals surface area contributed by atoms with E-state index in [1.165, 1.54) is 6.21 Å². The maximum atomic E-state index is 12.2. The quantitative estimate of drug-likeness (QED) is 0.503. The molecule has 0 spiro atoms. The minimum atomic E-state index is -3.61. The molecule has 0 aromatic heterocycles. The molecule has 0 fully saturated rings. The first-order valence-electron chi connectivity index (χ1n) is 9.46. The van der Waals surface area contributed by atoms with Gasteiger partial charge in [-0.3, -0.25) is 9.10 Å². The second-order valence-electron chi connectivity index (χ2n) is 6.67. The summed E-state index contributed by atoms with van der Waals surface area (Å²) < 4.78 is 25.3. The summed E-state index contributed by atoms with van der Waals surface area (Å²) in [6.45, 7) is 7.58. The zero-order chi connectivity index (χ0) is 21.4. The van der Waals surface area contributed by atoms with Gasteiger partial charge >= 0.3 is 0 Å². The molecule has 0 saturated heterocycles. The molecule has 0 heterocycles. The Morgan fingerprint density at radius 2 is 1.72 bits per heavy atom. The second kappa shape index (κ2) is 10.1. The molecular formula is C21H28N4O3S. The molecule has 0 saturated carbocycles. The maximum Gasteiger partial charge on any atom is 0.260 e. The fraction of sp³-hybridized carbons (Fsp3) is 0.333. The molecule has 2 aromatic carbocycles. The first-order chi connectivity index (χ1) is 13.7. The van der Waals surface area contributed by atoms with Gasteiger partial charge in [-0.2, -0.15) is 5.10 Å². The third kappa shape index (κ3) is 6.60. The van der Waals surface area contributed by atoms with Gasteiger partial charge in [-0.05, 0) is 56.2 Å². The zero-order valence-corrected chi connectivity index (χ0v) is 18.1. The van der Waals surface area contributed by atoms with E-state index in [-0.39, 0.29) is 6.54 Å². The summed E-state index contributed by atoms with van der Waals surface area (Å²) in [5.74, 6) is -0.520. The van der Waals surface area contributed by atoms with Crippen LogP contribution in [-0.2, 0) is 14.8 Å². The Labute approximate surface area is 173 Å². The van der Waals surface area contributed by atoms with E-state index in [9.17, 15) is 13.2 Å². The summed E-state index contributed by atoms with van der Waals surface area (Å²) in [6.07, 6.45) is 2.60. The smallest absolute Gasteiger partial charge is 0.260 e. The molecule has 29 heavy (non-hydrogen) atoms. The monoisotopic (exact) mass is 416 g/mol. The number of carbonyl (C=O) groups excluding carboxylic acids is 1. The van der Waals surface area contributed by atoms with Crippen molar-refractivity contribution in [1.82, 2.24) is 5.43 Å². The third-order valence-electron chi connectivity index (χ3n) is 4.40. The number of sulfonamides is 1. The maximum absolute atomic E-state index is 12.2. The fourth-order valence-electron chi connectivity index (χ4n) is 2.89. The minimum absolute atomic E-state index is 0.347. The van der Waals surface area contributed by atoms with E-state index in [2.05, 4.69) is 29.3 Å². The van der Waals surface area contributed by atoms with E-state index >= 15 is 0 Å².